The molecule has 2 aromatic rings. The molecule has 1 saturated heterocycles. The van der Waals surface area contributed by atoms with Crippen molar-refractivity contribution in [2.24, 2.45) is 0 Å². The molecule has 23 heavy (non-hydrogen) atoms. The zero-order chi connectivity index (χ0) is 16.2. The number of carbonyl (C=O) groups excluding carboxylic acids is 1. The Bertz CT molecular complexity index is 686. The topological polar surface area (TPSA) is 85.2 Å². The fraction of sp³-hybridized carbons (Fsp3) is 0.467. The van der Waals surface area contributed by atoms with Gasteiger partial charge in [-0.25, -0.2) is 9.97 Å². The number of carbonyl (C=O) groups is 1. The van der Waals surface area contributed by atoms with Gasteiger partial charge in [0.25, 0.3) is 0 Å². The minimum absolute atomic E-state index is 0.118. The predicted octanol–water partition coefficient (Wildman–Crippen LogP) is 1.48. The zero-order valence-electron chi connectivity index (χ0n) is 13.3. The Morgan fingerprint density at radius 2 is 2.35 bits per heavy atom. The SMILES string of the molecule is CCOc1cc(N2CC[C@H](n3ccc(NC(C)=O)n3)C2)ncn1. The fourth-order valence-corrected chi connectivity index (χ4v) is 2.68. The van der Waals surface area contributed by atoms with Crippen LogP contribution in [0.15, 0.2) is 24.7 Å². The Labute approximate surface area is 134 Å². The third kappa shape index (κ3) is 3.58. The Balaban J connectivity index is 1.67. The molecule has 8 heteroatoms. The largest absolute Gasteiger partial charge is 0.478 e. The first kappa shape index (κ1) is 15.3. The van der Waals surface area contributed by atoms with E-state index in [0.29, 0.717) is 18.3 Å². The van der Waals surface area contributed by atoms with Crippen molar-refractivity contribution in [3.05, 3.63) is 24.7 Å². The predicted molar refractivity (Wildman–Crippen MR) is 85.6 cm³/mol. The maximum absolute atomic E-state index is 11.1. The third-order valence-electron chi connectivity index (χ3n) is 3.69. The summed E-state index contributed by atoms with van der Waals surface area (Å²) in [4.78, 5) is 21.7. The average Bonchev–Trinajstić information content (AvgIpc) is 3.16. The van der Waals surface area contributed by atoms with E-state index in [0.717, 1.165) is 25.3 Å². The van der Waals surface area contributed by atoms with Crippen molar-refractivity contribution >= 4 is 17.5 Å². The smallest absolute Gasteiger partial charge is 0.222 e. The first-order valence-electron chi connectivity index (χ1n) is 7.68. The standard InChI is InChI=1S/C15H20N6O2/c1-3-23-15-8-14(16-10-17-15)20-6-4-12(9-20)21-7-5-13(19-21)18-11(2)22/h5,7-8,10,12H,3-4,6,9H2,1-2H3,(H,18,19,22)/t12-/m0/s1. The number of ether oxygens (including phenoxy) is 1. The summed E-state index contributed by atoms with van der Waals surface area (Å²) >= 11 is 0. The average molecular weight is 316 g/mol. The Hall–Kier alpha value is -2.64. The Kier molecular flexibility index (Phi) is 4.40. The molecule has 1 aliphatic heterocycles. The van der Waals surface area contributed by atoms with Gasteiger partial charge in [-0.3, -0.25) is 9.48 Å². The monoisotopic (exact) mass is 316 g/mol. The van der Waals surface area contributed by atoms with Crippen LogP contribution in [-0.2, 0) is 4.79 Å². The van der Waals surface area contributed by atoms with Gasteiger partial charge in [0, 0.05) is 38.3 Å². The number of rotatable bonds is 5. The molecule has 0 unspecified atom stereocenters. The summed E-state index contributed by atoms with van der Waals surface area (Å²) in [6.45, 7) is 5.68. The minimum Gasteiger partial charge on any atom is -0.478 e. The molecule has 3 heterocycles. The van der Waals surface area contributed by atoms with Gasteiger partial charge in [-0.05, 0) is 13.3 Å². The highest BCUT2D eigenvalue weighted by atomic mass is 16.5. The van der Waals surface area contributed by atoms with Gasteiger partial charge in [0.2, 0.25) is 11.8 Å². The molecule has 1 fully saturated rings. The van der Waals surface area contributed by atoms with Crippen molar-refractivity contribution in [3.8, 4) is 5.88 Å². The molecular weight excluding hydrogens is 296 g/mol. The van der Waals surface area contributed by atoms with Gasteiger partial charge in [-0.2, -0.15) is 5.10 Å². The number of hydrogen-bond donors (Lipinski definition) is 1. The van der Waals surface area contributed by atoms with Crippen LogP contribution in [0.5, 0.6) is 5.88 Å². The van der Waals surface area contributed by atoms with E-state index < -0.39 is 0 Å². The van der Waals surface area contributed by atoms with E-state index in [1.165, 1.54) is 13.3 Å². The fourth-order valence-electron chi connectivity index (χ4n) is 2.68. The van der Waals surface area contributed by atoms with Gasteiger partial charge in [-0.15, -0.1) is 0 Å². The minimum atomic E-state index is -0.118. The third-order valence-corrected chi connectivity index (χ3v) is 3.69. The lowest BCUT2D eigenvalue weighted by Gasteiger charge is -2.17. The second kappa shape index (κ2) is 6.64. The van der Waals surface area contributed by atoms with Crippen molar-refractivity contribution in [2.75, 3.05) is 29.9 Å². The van der Waals surface area contributed by atoms with Crippen LogP contribution in [0.4, 0.5) is 11.6 Å². The first-order valence-corrected chi connectivity index (χ1v) is 7.68. The molecule has 0 radical (unpaired) electrons. The molecule has 3 rings (SSSR count). The van der Waals surface area contributed by atoms with E-state index in [1.54, 1.807) is 0 Å². The summed E-state index contributed by atoms with van der Waals surface area (Å²) in [6.07, 6.45) is 4.39. The highest BCUT2D eigenvalue weighted by molar-refractivity contribution is 5.87. The van der Waals surface area contributed by atoms with E-state index in [4.69, 9.17) is 4.74 Å². The van der Waals surface area contributed by atoms with Crippen molar-refractivity contribution in [1.29, 1.82) is 0 Å². The number of nitrogens with one attached hydrogen (secondary N) is 1. The molecule has 0 aliphatic carbocycles. The first-order chi connectivity index (χ1) is 11.2. The number of nitrogens with zero attached hydrogens (tertiary/aromatic N) is 5. The zero-order valence-corrected chi connectivity index (χ0v) is 13.3. The highest BCUT2D eigenvalue weighted by Crippen LogP contribution is 2.27. The summed E-state index contributed by atoms with van der Waals surface area (Å²) in [7, 11) is 0. The summed E-state index contributed by atoms with van der Waals surface area (Å²) in [5, 5.41) is 7.10. The van der Waals surface area contributed by atoms with Crippen LogP contribution in [0.25, 0.3) is 0 Å². The van der Waals surface area contributed by atoms with Gasteiger partial charge in [0.05, 0.1) is 12.6 Å². The summed E-state index contributed by atoms with van der Waals surface area (Å²) in [5.74, 6) is 1.91. The lowest BCUT2D eigenvalue weighted by atomic mass is 10.3. The molecule has 1 aliphatic rings. The molecule has 1 amide bonds. The number of hydrogen-bond acceptors (Lipinski definition) is 6. The number of amides is 1. The van der Waals surface area contributed by atoms with Gasteiger partial charge in [0.15, 0.2) is 5.82 Å². The normalized spacial score (nSPS) is 17.3. The molecule has 1 N–H and O–H groups in total. The van der Waals surface area contributed by atoms with Crippen LogP contribution in [0.2, 0.25) is 0 Å². The van der Waals surface area contributed by atoms with Crippen molar-refractivity contribution in [1.82, 2.24) is 19.7 Å². The summed E-state index contributed by atoms with van der Waals surface area (Å²) in [5.41, 5.74) is 0. The molecular formula is C15H20N6O2. The molecule has 0 spiro atoms. The molecule has 2 aromatic heterocycles. The highest BCUT2D eigenvalue weighted by Gasteiger charge is 2.26. The molecule has 0 aromatic carbocycles. The van der Waals surface area contributed by atoms with Crippen molar-refractivity contribution in [3.63, 3.8) is 0 Å². The molecule has 122 valence electrons. The summed E-state index contributed by atoms with van der Waals surface area (Å²) in [6, 6.07) is 3.92. The van der Waals surface area contributed by atoms with Gasteiger partial charge in [0.1, 0.15) is 12.1 Å². The van der Waals surface area contributed by atoms with E-state index >= 15 is 0 Å². The van der Waals surface area contributed by atoms with Gasteiger partial charge < -0.3 is 15.0 Å². The van der Waals surface area contributed by atoms with Crippen LogP contribution in [0, 0.1) is 0 Å². The summed E-state index contributed by atoms with van der Waals surface area (Å²) < 4.78 is 7.32. The molecule has 1 atom stereocenters. The van der Waals surface area contributed by atoms with Crippen LogP contribution >= 0.6 is 0 Å². The molecule has 0 bridgehead atoms. The van der Waals surface area contributed by atoms with Crippen LogP contribution < -0.4 is 15.0 Å². The van der Waals surface area contributed by atoms with Gasteiger partial charge >= 0.3 is 0 Å². The van der Waals surface area contributed by atoms with E-state index in [-0.39, 0.29) is 11.9 Å². The second-order valence-electron chi connectivity index (χ2n) is 5.40. The van der Waals surface area contributed by atoms with Gasteiger partial charge in [-0.1, -0.05) is 0 Å². The van der Waals surface area contributed by atoms with E-state index in [2.05, 4.69) is 25.3 Å². The molecule has 8 nitrogen and oxygen atoms in total. The molecule has 0 saturated carbocycles. The van der Waals surface area contributed by atoms with Crippen LogP contribution in [0.3, 0.4) is 0 Å². The quantitative estimate of drug-likeness (QED) is 0.899. The Morgan fingerprint density at radius 1 is 1.48 bits per heavy atom. The second-order valence-corrected chi connectivity index (χ2v) is 5.40. The van der Waals surface area contributed by atoms with Crippen LogP contribution in [0.1, 0.15) is 26.3 Å². The maximum Gasteiger partial charge on any atom is 0.222 e. The van der Waals surface area contributed by atoms with E-state index in [9.17, 15) is 4.79 Å². The van der Waals surface area contributed by atoms with Crippen molar-refractivity contribution in [2.45, 2.75) is 26.3 Å². The number of anilines is 2. The van der Waals surface area contributed by atoms with Crippen molar-refractivity contribution < 1.29 is 9.53 Å². The lowest BCUT2D eigenvalue weighted by Crippen LogP contribution is -2.22. The Morgan fingerprint density at radius 3 is 3.13 bits per heavy atom. The van der Waals surface area contributed by atoms with E-state index in [1.807, 2.05) is 29.9 Å². The van der Waals surface area contributed by atoms with Crippen LogP contribution in [-0.4, -0.2) is 45.4 Å². The lowest BCUT2D eigenvalue weighted by molar-refractivity contribution is -0.114. The maximum atomic E-state index is 11.1. The number of aromatic nitrogens is 4.